The number of amides is 2. The van der Waals surface area contributed by atoms with E-state index in [0.29, 0.717) is 28.3 Å². The third-order valence-corrected chi connectivity index (χ3v) is 4.29. The summed E-state index contributed by atoms with van der Waals surface area (Å²) in [5, 5.41) is 5.54. The fourth-order valence-electron chi connectivity index (χ4n) is 2.76. The fourth-order valence-corrected chi connectivity index (χ4v) is 2.76. The molecule has 3 rings (SSSR count). The highest BCUT2D eigenvalue weighted by Crippen LogP contribution is 2.28. The van der Waals surface area contributed by atoms with Gasteiger partial charge in [-0.15, -0.1) is 10.5 Å². The third-order valence-electron chi connectivity index (χ3n) is 4.29. The second kappa shape index (κ2) is 11.5. The molecule has 0 aliphatic rings. The number of methoxy groups -OCH3 is 2. The summed E-state index contributed by atoms with van der Waals surface area (Å²) in [6, 6.07) is 21.1. The average molecular weight is 484 g/mol. The molecule has 0 radical (unpaired) electrons. The summed E-state index contributed by atoms with van der Waals surface area (Å²) < 4.78 is 10.4. The van der Waals surface area contributed by atoms with Crippen molar-refractivity contribution in [2.45, 2.75) is 0 Å². The van der Waals surface area contributed by atoms with Crippen LogP contribution in [0.25, 0.3) is 0 Å². The number of ether oxygens (including phenoxy) is 2. The second-order valence-electron chi connectivity index (χ2n) is 6.22. The third kappa shape index (κ3) is 6.16. The summed E-state index contributed by atoms with van der Waals surface area (Å²) in [5.74, 6) is 0.205. The fraction of sp³-hybridized carbons (Fsp3) is 0.0870. The summed E-state index contributed by atoms with van der Waals surface area (Å²) in [7, 11) is 3.02. The molecular weight excluding hydrogens is 462 g/mol. The quantitative estimate of drug-likeness (QED) is 0.291. The van der Waals surface area contributed by atoms with Gasteiger partial charge in [0.05, 0.1) is 25.5 Å². The van der Waals surface area contributed by atoms with Crippen LogP contribution in [-0.2, 0) is 0 Å². The van der Waals surface area contributed by atoms with Crippen LogP contribution in [0.4, 0.5) is 5.69 Å². The number of anilines is 1. The Morgan fingerprint density at radius 3 is 2.23 bits per heavy atom. The number of carbonyl (C=O) groups excluding carboxylic acids is 2. The smallest absolute Gasteiger partial charge is 0.306 e. The van der Waals surface area contributed by atoms with Crippen molar-refractivity contribution in [2.24, 2.45) is 0 Å². The normalized spacial score (nSPS) is 10.1. The van der Waals surface area contributed by atoms with Gasteiger partial charge in [-0.25, -0.2) is 0 Å². The maximum Gasteiger partial charge on any atom is 0.306 e. The number of hydrazone groups is 1. The van der Waals surface area contributed by atoms with Gasteiger partial charge in [0.2, 0.25) is 0 Å². The summed E-state index contributed by atoms with van der Waals surface area (Å²) in [6.45, 7) is 0. The molecule has 3 N–H and O–H groups in total. The summed E-state index contributed by atoms with van der Waals surface area (Å²) >= 11 is 0. The molecule has 0 spiro atoms. The van der Waals surface area contributed by atoms with E-state index in [1.807, 2.05) is 30.3 Å². The Bertz CT molecular complexity index is 1070. The van der Waals surface area contributed by atoms with Gasteiger partial charge < -0.3 is 31.8 Å². The Hall–Kier alpha value is -3.65. The van der Waals surface area contributed by atoms with Crippen molar-refractivity contribution >= 4 is 23.7 Å². The average Bonchev–Trinajstić information content (AvgIpc) is 2.79. The summed E-state index contributed by atoms with van der Waals surface area (Å²) in [4.78, 5) is 25.3. The number of halogens is 1. The SMILES string of the molecule is COc1ccc(C(=O)Nc2ccccc2C(=O)N[NH+]=Cc2ccccc2)cc1OC.[Br-]. The van der Waals surface area contributed by atoms with Gasteiger partial charge in [0.25, 0.3) is 5.91 Å². The van der Waals surface area contributed by atoms with Crippen molar-refractivity contribution in [3.63, 3.8) is 0 Å². The van der Waals surface area contributed by atoms with E-state index in [-0.39, 0.29) is 28.8 Å². The van der Waals surface area contributed by atoms with Crippen LogP contribution in [0, 0.1) is 0 Å². The molecule has 0 heterocycles. The highest BCUT2D eigenvalue weighted by molar-refractivity contribution is 6.09. The molecule has 2 amide bonds. The molecular formula is C23H22BrN3O4. The molecule has 0 atom stereocenters. The van der Waals surface area contributed by atoms with Crippen LogP contribution in [0.1, 0.15) is 26.3 Å². The van der Waals surface area contributed by atoms with E-state index in [4.69, 9.17) is 9.47 Å². The van der Waals surface area contributed by atoms with Crippen LogP contribution in [0.3, 0.4) is 0 Å². The first-order chi connectivity index (χ1) is 14.6. The first kappa shape index (κ1) is 23.6. The molecule has 0 fully saturated rings. The number of benzene rings is 3. The molecule has 3 aromatic rings. The zero-order valence-corrected chi connectivity index (χ0v) is 18.6. The van der Waals surface area contributed by atoms with Gasteiger partial charge >= 0.3 is 5.91 Å². The van der Waals surface area contributed by atoms with Gasteiger partial charge in [-0.2, -0.15) is 0 Å². The van der Waals surface area contributed by atoms with Crippen LogP contribution in [0.5, 0.6) is 11.5 Å². The maximum absolute atomic E-state index is 12.7. The molecule has 0 bridgehead atoms. The number of hydrogen-bond donors (Lipinski definition) is 3. The van der Waals surface area contributed by atoms with Crippen molar-refractivity contribution in [1.82, 2.24) is 5.43 Å². The molecule has 31 heavy (non-hydrogen) atoms. The van der Waals surface area contributed by atoms with Crippen LogP contribution in [-0.4, -0.2) is 32.2 Å². The van der Waals surface area contributed by atoms with Crippen molar-refractivity contribution in [3.05, 3.63) is 89.5 Å². The number of rotatable bonds is 7. The van der Waals surface area contributed by atoms with Crippen LogP contribution < -0.4 is 42.3 Å². The van der Waals surface area contributed by atoms with E-state index >= 15 is 0 Å². The Morgan fingerprint density at radius 1 is 0.839 bits per heavy atom. The first-order valence-electron chi connectivity index (χ1n) is 9.19. The van der Waals surface area contributed by atoms with E-state index in [0.717, 1.165) is 5.56 Å². The molecule has 8 heteroatoms. The summed E-state index contributed by atoms with van der Waals surface area (Å²) in [6.07, 6.45) is 1.67. The first-order valence-corrected chi connectivity index (χ1v) is 9.19. The van der Waals surface area contributed by atoms with Crippen LogP contribution in [0.2, 0.25) is 0 Å². The van der Waals surface area contributed by atoms with E-state index in [1.54, 1.807) is 48.7 Å². The van der Waals surface area contributed by atoms with Crippen molar-refractivity contribution in [1.29, 1.82) is 0 Å². The van der Waals surface area contributed by atoms with Gasteiger partial charge in [0.1, 0.15) is 0 Å². The molecule has 0 aliphatic heterocycles. The lowest BCUT2D eigenvalue weighted by Crippen LogP contribution is -3.00. The highest BCUT2D eigenvalue weighted by atomic mass is 79.9. The second-order valence-corrected chi connectivity index (χ2v) is 6.22. The van der Waals surface area contributed by atoms with E-state index in [1.165, 1.54) is 14.2 Å². The standard InChI is InChI=1S/C23H21N3O4.BrH/c1-29-20-13-12-17(14-21(20)30-2)22(27)25-19-11-7-6-10-18(19)23(28)26-24-15-16-8-4-3-5-9-16;/h3-15H,1-2H3,(H,25,27)(H,26,28);1H. The van der Waals surface area contributed by atoms with Crippen LogP contribution >= 0.6 is 0 Å². The minimum absolute atomic E-state index is 0. The largest absolute Gasteiger partial charge is 1.00 e. The Kier molecular flexibility index (Phi) is 8.78. The lowest BCUT2D eigenvalue weighted by molar-refractivity contribution is -0.503. The molecule has 0 unspecified atom stereocenters. The van der Waals surface area contributed by atoms with Crippen molar-refractivity contribution < 1.29 is 41.1 Å². The number of carbonyl (C=O) groups is 2. The summed E-state index contributed by atoms with van der Waals surface area (Å²) in [5.41, 5.74) is 4.59. The Morgan fingerprint density at radius 2 is 1.52 bits per heavy atom. The maximum atomic E-state index is 12.7. The zero-order valence-electron chi connectivity index (χ0n) is 17.0. The van der Waals surface area contributed by atoms with E-state index in [9.17, 15) is 9.59 Å². The molecule has 0 saturated heterocycles. The number of hydrazine groups is 1. The van der Waals surface area contributed by atoms with Gasteiger partial charge in [-0.1, -0.05) is 30.3 Å². The minimum atomic E-state index is -0.384. The predicted octanol–water partition coefficient (Wildman–Crippen LogP) is -1.20. The Labute approximate surface area is 190 Å². The van der Waals surface area contributed by atoms with Gasteiger partial charge in [-0.3, -0.25) is 9.59 Å². The molecule has 3 aromatic carbocycles. The lowest BCUT2D eigenvalue weighted by atomic mass is 10.1. The predicted molar refractivity (Wildman–Crippen MR) is 114 cm³/mol. The van der Waals surface area contributed by atoms with Gasteiger partial charge in [0, 0.05) is 11.1 Å². The molecule has 160 valence electrons. The topological polar surface area (TPSA) is 90.6 Å². The lowest BCUT2D eigenvalue weighted by Gasteiger charge is -2.11. The van der Waals surface area contributed by atoms with Crippen LogP contribution in [0.15, 0.2) is 72.8 Å². The van der Waals surface area contributed by atoms with Gasteiger partial charge in [0.15, 0.2) is 17.7 Å². The van der Waals surface area contributed by atoms with Crippen molar-refractivity contribution in [2.75, 3.05) is 19.5 Å². The number of para-hydroxylation sites is 1. The molecule has 0 aliphatic carbocycles. The number of hydrogen-bond acceptors (Lipinski definition) is 4. The monoisotopic (exact) mass is 483 g/mol. The molecule has 0 aromatic heterocycles. The van der Waals surface area contributed by atoms with E-state index < -0.39 is 0 Å². The Balaban J connectivity index is 0.00000341. The van der Waals surface area contributed by atoms with E-state index in [2.05, 4.69) is 15.8 Å². The van der Waals surface area contributed by atoms with Gasteiger partial charge in [-0.05, 0) is 42.5 Å². The zero-order chi connectivity index (χ0) is 21.3. The molecule has 7 nitrogen and oxygen atoms in total. The molecule has 0 saturated carbocycles. The highest BCUT2D eigenvalue weighted by Gasteiger charge is 2.16. The van der Waals surface area contributed by atoms with Crippen molar-refractivity contribution in [3.8, 4) is 11.5 Å². The number of nitrogens with one attached hydrogen (secondary N) is 3. The minimum Gasteiger partial charge on any atom is -1.00 e.